The van der Waals surface area contributed by atoms with E-state index in [2.05, 4.69) is 38.6 Å². The molecule has 5 heteroatoms. The van der Waals surface area contributed by atoms with Crippen LogP contribution >= 0.6 is 0 Å². The van der Waals surface area contributed by atoms with Crippen molar-refractivity contribution in [2.24, 2.45) is 0 Å². The Hall–Kier alpha value is -0.553. The number of methoxy groups -OCH3 is 1. The van der Waals surface area contributed by atoms with Gasteiger partial charge in [0.25, 0.3) is 0 Å². The van der Waals surface area contributed by atoms with Crippen molar-refractivity contribution in [1.82, 2.24) is 0 Å². The lowest BCUT2D eigenvalue weighted by Crippen LogP contribution is -2.45. The number of carbonyl (C=O) groups excluding carboxylic acids is 1. The summed E-state index contributed by atoms with van der Waals surface area (Å²) >= 11 is 0. The monoisotopic (exact) mass is 288 g/mol. The highest BCUT2D eigenvalue weighted by molar-refractivity contribution is 6.74. The Bertz CT molecular complexity index is 309. The fraction of sp³-hybridized carbons (Fsp3) is 0.929. The molecule has 0 bridgehead atoms. The molecule has 19 heavy (non-hydrogen) atoms. The van der Waals surface area contributed by atoms with Crippen molar-refractivity contribution in [1.29, 1.82) is 0 Å². The molecule has 0 spiro atoms. The van der Waals surface area contributed by atoms with E-state index >= 15 is 0 Å². The molecule has 2 atom stereocenters. The van der Waals surface area contributed by atoms with Crippen LogP contribution in [0.5, 0.6) is 0 Å². The van der Waals surface area contributed by atoms with Gasteiger partial charge in [-0.15, -0.1) is 0 Å². The van der Waals surface area contributed by atoms with E-state index in [1.165, 1.54) is 7.11 Å². The summed E-state index contributed by atoms with van der Waals surface area (Å²) < 4.78 is 16.2. The zero-order valence-electron chi connectivity index (χ0n) is 13.1. The first kappa shape index (κ1) is 16.5. The fourth-order valence-electron chi connectivity index (χ4n) is 2.09. The van der Waals surface area contributed by atoms with Crippen molar-refractivity contribution in [3.8, 4) is 0 Å². The van der Waals surface area contributed by atoms with E-state index in [0.717, 1.165) is 25.7 Å². The van der Waals surface area contributed by atoms with Gasteiger partial charge in [0.2, 0.25) is 0 Å². The molecular weight excluding hydrogens is 260 g/mol. The van der Waals surface area contributed by atoms with Crippen LogP contribution in [0.4, 0.5) is 4.79 Å². The summed E-state index contributed by atoms with van der Waals surface area (Å²) in [6.07, 6.45) is 3.38. The van der Waals surface area contributed by atoms with Crippen LogP contribution in [0.1, 0.15) is 46.5 Å². The zero-order valence-corrected chi connectivity index (χ0v) is 14.1. The second kappa shape index (κ2) is 6.26. The van der Waals surface area contributed by atoms with Crippen molar-refractivity contribution >= 4 is 14.5 Å². The fourth-order valence-corrected chi connectivity index (χ4v) is 3.49. The first-order chi connectivity index (χ1) is 8.65. The Morgan fingerprint density at radius 3 is 2.26 bits per heavy atom. The van der Waals surface area contributed by atoms with E-state index in [9.17, 15) is 4.79 Å². The van der Waals surface area contributed by atoms with E-state index in [0.29, 0.717) is 0 Å². The van der Waals surface area contributed by atoms with Gasteiger partial charge in [-0.05, 0) is 37.4 Å². The Kier molecular flexibility index (Phi) is 5.44. The second-order valence-corrected chi connectivity index (χ2v) is 11.6. The minimum absolute atomic E-state index is 0.0593. The number of ether oxygens (including phenoxy) is 2. The highest BCUT2D eigenvalue weighted by Gasteiger charge is 2.40. The molecule has 0 aliphatic heterocycles. The first-order valence-electron chi connectivity index (χ1n) is 7.08. The van der Waals surface area contributed by atoms with Gasteiger partial charge in [0.1, 0.15) is 6.10 Å². The maximum atomic E-state index is 11.2. The van der Waals surface area contributed by atoms with Crippen molar-refractivity contribution in [2.75, 3.05) is 7.11 Å². The largest absolute Gasteiger partial charge is 0.508 e. The molecule has 0 heterocycles. The zero-order chi connectivity index (χ0) is 14.7. The quantitative estimate of drug-likeness (QED) is 0.579. The van der Waals surface area contributed by atoms with Gasteiger partial charge in [0.05, 0.1) is 7.11 Å². The Morgan fingerprint density at radius 2 is 1.74 bits per heavy atom. The summed E-state index contributed by atoms with van der Waals surface area (Å²) in [6.45, 7) is 11.2. The predicted molar refractivity (Wildman–Crippen MR) is 77.8 cm³/mol. The summed E-state index contributed by atoms with van der Waals surface area (Å²) in [4.78, 5) is 11.2. The van der Waals surface area contributed by atoms with Crippen molar-refractivity contribution < 1.29 is 18.7 Å². The number of rotatable bonds is 3. The van der Waals surface area contributed by atoms with Crippen molar-refractivity contribution in [2.45, 2.75) is 76.8 Å². The molecule has 112 valence electrons. The molecule has 4 nitrogen and oxygen atoms in total. The van der Waals surface area contributed by atoms with Crippen LogP contribution in [0.25, 0.3) is 0 Å². The first-order valence-corrected chi connectivity index (χ1v) is 9.99. The third-order valence-corrected chi connectivity index (χ3v) is 8.81. The lowest BCUT2D eigenvalue weighted by molar-refractivity contribution is -0.00393. The minimum atomic E-state index is -1.74. The Balaban J connectivity index is 2.54. The molecule has 0 saturated heterocycles. The van der Waals surface area contributed by atoms with Crippen LogP contribution in [0, 0.1) is 0 Å². The highest BCUT2D eigenvalue weighted by Crippen LogP contribution is 2.39. The number of hydrogen-bond acceptors (Lipinski definition) is 4. The summed E-state index contributed by atoms with van der Waals surface area (Å²) in [5, 5.41) is 0.211. The lowest BCUT2D eigenvalue weighted by atomic mass is 9.95. The van der Waals surface area contributed by atoms with Gasteiger partial charge in [-0.1, -0.05) is 20.8 Å². The van der Waals surface area contributed by atoms with Gasteiger partial charge in [-0.3, -0.25) is 0 Å². The molecule has 0 amide bonds. The van der Waals surface area contributed by atoms with Crippen LogP contribution in [0.15, 0.2) is 0 Å². The van der Waals surface area contributed by atoms with Gasteiger partial charge in [-0.25, -0.2) is 4.79 Å². The van der Waals surface area contributed by atoms with Gasteiger partial charge >= 0.3 is 6.16 Å². The number of hydrogen-bond donors (Lipinski definition) is 0. The third kappa shape index (κ3) is 4.80. The normalized spacial score (nSPS) is 24.9. The van der Waals surface area contributed by atoms with E-state index < -0.39 is 14.5 Å². The molecule has 0 unspecified atom stereocenters. The van der Waals surface area contributed by atoms with Gasteiger partial charge in [0, 0.05) is 12.5 Å². The molecular formula is C14H28O4Si. The summed E-state index contributed by atoms with van der Waals surface area (Å²) in [6, 6.07) is 0. The summed E-state index contributed by atoms with van der Waals surface area (Å²) in [5.41, 5.74) is 0. The molecule has 1 aliphatic carbocycles. The molecule has 1 saturated carbocycles. The lowest BCUT2D eigenvalue weighted by Gasteiger charge is -2.41. The average Bonchev–Trinajstić information content (AvgIpc) is 2.27. The summed E-state index contributed by atoms with van der Waals surface area (Å²) in [5.74, 6) is 0. The average molecular weight is 288 g/mol. The van der Waals surface area contributed by atoms with E-state index in [-0.39, 0.29) is 17.2 Å². The highest BCUT2D eigenvalue weighted by atomic mass is 28.4. The van der Waals surface area contributed by atoms with Crippen LogP contribution in [0.3, 0.4) is 0 Å². The van der Waals surface area contributed by atoms with Crippen LogP contribution in [0.2, 0.25) is 18.1 Å². The SMILES string of the molecule is COC(=O)O[C@@H]1CCC[C@H](O[Si](C)(C)C(C)(C)C)C1. The predicted octanol–water partition coefficient (Wildman–Crippen LogP) is 4.10. The Labute approximate surface area is 117 Å². The maximum Gasteiger partial charge on any atom is 0.508 e. The maximum absolute atomic E-state index is 11.2. The molecule has 1 aliphatic rings. The molecule has 0 aromatic rings. The molecule has 1 rings (SSSR count). The second-order valence-electron chi connectivity index (χ2n) is 6.86. The molecule has 0 aromatic heterocycles. The van der Waals surface area contributed by atoms with E-state index in [1.807, 2.05) is 0 Å². The van der Waals surface area contributed by atoms with Crippen LogP contribution < -0.4 is 0 Å². The minimum Gasteiger partial charge on any atom is -0.438 e. The molecule has 0 radical (unpaired) electrons. The standard InChI is InChI=1S/C14H28O4Si/c1-14(2,3)19(5,6)18-12-9-7-8-11(10-12)17-13(15)16-4/h11-12H,7-10H2,1-6H3/t11-,12+/m1/s1. The topological polar surface area (TPSA) is 44.8 Å². The molecule has 1 fully saturated rings. The van der Waals surface area contributed by atoms with E-state index in [1.54, 1.807) is 0 Å². The Morgan fingerprint density at radius 1 is 1.16 bits per heavy atom. The van der Waals surface area contributed by atoms with Crippen LogP contribution in [-0.2, 0) is 13.9 Å². The summed E-state index contributed by atoms with van der Waals surface area (Å²) in [7, 11) is -0.400. The van der Waals surface area contributed by atoms with Gasteiger partial charge in [0.15, 0.2) is 8.32 Å². The number of carbonyl (C=O) groups is 1. The van der Waals surface area contributed by atoms with Gasteiger partial charge in [-0.2, -0.15) is 0 Å². The third-order valence-electron chi connectivity index (χ3n) is 4.28. The van der Waals surface area contributed by atoms with E-state index in [4.69, 9.17) is 9.16 Å². The smallest absolute Gasteiger partial charge is 0.438 e. The molecule has 0 aromatic carbocycles. The van der Waals surface area contributed by atoms with Crippen molar-refractivity contribution in [3.05, 3.63) is 0 Å². The molecule has 0 N–H and O–H groups in total. The van der Waals surface area contributed by atoms with Crippen LogP contribution in [-0.4, -0.2) is 33.8 Å². The van der Waals surface area contributed by atoms with Gasteiger partial charge < -0.3 is 13.9 Å². The van der Waals surface area contributed by atoms with Crippen molar-refractivity contribution in [3.63, 3.8) is 0 Å².